The summed E-state index contributed by atoms with van der Waals surface area (Å²) in [7, 11) is 0. The molecule has 76 valence electrons. The Morgan fingerprint density at radius 2 is 1.79 bits per heavy atom. The molecule has 2 atom stereocenters. The molecule has 1 nitrogen and oxygen atoms in total. The molecule has 1 heteroatoms. The van der Waals surface area contributed by atoms with E-state index in [1.807, 2.05) is 0 Å². The average molecular weight is 189 g/mol. The first-order valence-electron chi connectivity index (χ1n) is 5.63. The van der Waals surface area contributed by atoms with Gasteiger partial charge in [0.2, 0.25) is 0 Å². The van der Waals surface area contributed by atoms with Crippen molar-refractivity contribution in [2.45, 2.75) is 38.6 Å². The van der Waals surface area contributed by atoms with E-state index in [-0.39, 0.29) is 0 Å². The fourth-order valence-corrected chi connectivity index (χ4v) is 2.06. The van der Waals surface area contributed by atoms with Crippen LogP contribution in [0.2, 0.25) is 0 Å². The topological polar surface area (TPSA) is 26.0 Å². The summed E-state index contributed by atoms with van der Waals surface area (Å²) in [5, 5.41) is 0. The summed E-state index contributed by atoms with van der Waals surface area (Å²) in [6, 6.07) is 9.44. The van der Waals surface area contributed by atoms with Gasteiger partial charge < -0.3 is 5.73 Å². The Labute approximate surface area is 86.3 Å². The monoisotopic (exact) mass is 189 g/mol. The molecule has 1 aromatic carbocycles. The highest BCUT2D eigenvalue weighted by Crippen LogP contribution is 2.28. The van der Waals surface area contributed by atoms with Crippen molar-refractivity contribution in [2.75, 3.05) is 0 Å². The lowest BCUT2D eigenvalue weighted by Crippen LogP contribution is -2.40. The van der Waals surface area contributed by atoms with Gasteiger partial charge in [0, 0.05) is 6.04 Å². The number of aryl methyl sites for hydroxylation is 1. The molecule has 0 aliphatic heterocycles. The van der Waals surface area contributed by atoms with Crippen molar-refractivity contribution in [1.82, 2.24) is 0 Å². The second kappa shape index (κ2) is 4.14. The van der Waals surface area contributed by atoms with Crippen LogP contribution in [0.1, 0.15) is 30.9 Å². The molecule has 0 amide bonds. The van der Waals surface area contributed by atoms with Crippen LogP contribution < -0.4 is 5.73 Å². The number of hydrogen-bond acceptors (Lipinski definition) is 1. The summed E-state index contributed by atoms with van der Waals surface area (Å²) < 4.78 is 0. The summed E-state index contributed by atoms with van der Waals surface area (Å²) in [6.07, 6.45) is 4.84. The summed E-state index contributed by atoms with van der Waals surface area (Å²) in [6.45, 7) is 2.19. The minimum atomic E-state index is 0.459. The van der Waals surface area contributed by atoms with Crippen LogP contribution >= 0.6 is 0 Å². The Hall–Kier alpha value is -0.820. The van der Waals surface area contributed by atoms with Gasteiger partial charge in [-0.3, -0.25) is 0 Å². The van der Waals surface area contributed by atoms with E-state index in [4.69, 9.17) is 5.73 Å². The second-order valence-electron chi connectivity index (χ2n) is 4.38. The molecule has 1 fully saturated rings. The van der Waals surface area contributed by atoms with Crippen molar-refractivity contribution in [2.24, 2.45) is 11.7 Å². The van der Waals surface area contributed by atoms with Gasteiger partial charge in [-0.25, -0.2) is 0 Å². The maximum absolute atomic E-state index is 5.93. The molecule has 0 bridgehead atoms. The van der Waals surface area contributed by atoms with E-state index >= 15 is 0 Å². The standard InChI is InChI=1S/C13H19N/c1-2-10-3-5-11(6-4-10)9-12-7-8-13(12)14/h3-6,12-13H,2,7-9,14H2,1H3. The van der Waals surface area contributed by atoms with E-state index in [9.17, 15) is 0 Å². The predicted octanol–water partition coefficient (Wildman–Crippen LogP) is 2.53. The van der Waals surface area contributed by atoms with Gasteiger partial charge in [-0.2, -0.15) is 0 Å². The third kappa shape index (κ3) is 1.98. The molecule has 1 aliphatic rings. The molecular formula is C13H19N. The first-order valence-corrected chi connectivity index (χ1v) is 5.63. The molecule has 0 spiro atoms. The van der Waals surface area contributed by atoms with E-state index in [2.05, 4.69) is 31.2 Å². The van der Waals surface area contributed by atoms with E-state index < -0.39 is 0 Å². The van der Waals surface area contributed by atoms with Crippen LogP contribution in [0.4, 0.5) is 0 Å². The number of rotatable bonds is 3. The summed E-state index contributed by atoms with van der Waals surface area (Å²) in [5.74, 6) is 0.738. The van der Waals surface area contributed by atoms with Crippen LogP contribution in [0.15, 0.2) is 24.3 Å². The van der Waals surface area contributed by atoms with Crippen molar-refractivity contribution in [3.05, 3.63) is 35.4 Å². The number of hydrogen-bond donors (Lipinski definition) is 1. The van der Waals surface area contributed by atoms with Crippen molar-refractivity contribution >= 4 is 0 Å². The molecule has 0 aromatic heterocycles. The van der Waals surface area contributed by atoms with E-state index in [1.165, 1.54) is 30.4 Å². The Bertz CT molecular complexity index is 289. The minimum absolute atomic E-state index is 0.459. The van der Waals surface area contributed by atoms with Crippen LogP contribution in [0.5, 0.6) is 0 Å². The molecule has 2 N–H and O–H groups in total. The third-order valence-electron chi connectivity index (χ3n) is 3.41. The fourth-order valence-electron chi connectivity index (χ4n) is 2.06. The zero-order chi connectivity index (χ0) is 9.97. The third-order valence-corrected chi connectivity index (χ3v) is 3.41. The largest absolute Gasteiger partial charge is 0.327 e. The Balaban J connectivity index is 1.96. The highest BCUT2D eigenvalue weighted by atomic mass is 14.7. The summed E-state index contributed by atoms with van der Waals surface area (Å²) in [4.78, 5) is 0. The molecule has 0 radical (unpaired) electrons. The zero-order valence-corrected chi connectivity index (χ0v) is 8.87. The zero-order valence-electron chi connectivity index (χ0n) is 8.87. The fraction of sp³-hybridized carbons (Fsp3) is 0.538. The van der Waals surface area contributed by atoms with E-state index in [1.54, 1.807) is 0 Å². The van der Waals surface area contributed by atoms with Crippen LogP contribution in [-0.4, -0.2) is 6.04 Å². The smallest absolute Gasteiger partial charge is 0.00704 e. The number of nitrogens with two attached hydrogens (primary N) is 1. The van der Waals surface area contributed by atoms with Gasteiger partial charge in [-0.05, 0) is 42.7 Å². The Kier molecular flexibility index (Phi) is 2.87. The molecule has 2 rings (SSSR count). The first kappa shape index (κ1) is 9.72. The molecule has 0 heterocycles. The quantitative estimate of drug-likeness (QED) is 0.777. The molecule has 1 saturated carbocycles. The molecule has 14 heavy (non-hydrogen) atoms. The molecule has 1 aliphatic carbocycles. The minimum Gasteiger partial charge on any atom is -0.327 e. The normalized spacial score (nSPS) is 25.9. The van der Waals surface area contributed by atoms with Crippen LogP contribution in [0.25, 0.3) is 0 Å². The second-order valence-corrected chi connectivity index (χ2v) is 4.38. The Morgan fingerprint density at radius 3 is 2.21 bits per heavy atom. The van der Waals surface area contributed by atoms with Crippen molar-refractivity contribution in [3.8, 4) is 0 Å². The first-order chi connectivity index (χ1) is 6.79. The number of benzene rings is 1. The highest BCUT2D eigenvalue weighted by Gasteiger charge is 2.26. The van der Waals surface area contributed by atoms with Gasteiger partial charge in [0.15, 0.2) is 0 Å². The SMILES string of the molecule is CCc1ccc(CC2CCC2N)cc1. The summed E-state index contributed by atoms with van der Waals surface area (Å²) >= 11 is 0. The van der Waals surface area contributed by atoms with Gasteiger partial charge in [-0.15, -0.1) is 0 Å². The van der Waals surface area contributed by atoms with Gasteiger partial charge in [0.05, 0.1) is 0 Å². The molecule has 0 saturated heterocycles. The lowest BCUT2D eigenvalue weighted by Gasteiger charge is -2.33. The maximum atomic E-state index is 5.93. The molecule has 2 unspecified atom stereocenters. The highest BCUT2D eigenvalue weighted by molar-refractivity contribution is 5.23. The van der Waals surface area contributed by atoms with Crippen molar-refractivity contribution in [1.29, 1.82) is 0 Å². The van der Waals surface area contributed by atoms with Crippen LogP contribution in [0, 0.1) is 5.92 Å². The van der Waals surface area contributed by atoms with Gasteiger partial charge >= 0.3 is 0 Å². The van der Waals surface area contributed by atoms with Crippen molar-refractivity contribution < 1.29 is 0 Å². The van der Waals surface area contributed by atoms with E-state index in [0.29, 0.717) is 6.04 Å². The van der Waals surface area contributed by atoms with Crippen LogP contribution in [-0.2, 0) is 12.8 Å². The van der Waals surface area contributed by atoms with Crippen LogP contribution in [0.3, 0.4) is 0 Å². The van der Waals surface area contributed by atoms with Gasteiger partial charge in [0.1, 0.15) is 0 Å². The summed E-state index contributed by atoms with van der Waals surface area (Å²) in [5.41, 5.74) is 8.80. The molecular weight excluding hydrogens is 170 g/mol. The van der Waals surface area contributed by atoms with Crippen molar-refractivity contribution in [3.63, 3.8) is 0 Å². The lowest BCUT2D eigenvalue weighted by atomic mass is 9.76. The van der Waals surface area contributed by atoms with E-state index in [0.717, 1.165) is 12.3 Å². The maximum Gasteiger partial charge on any atom is 0.00704 e. The predicted molar refractivity (Wildman–Crippen MR) is 60.2 cm³/mol. The van der Waals surface area contributed by atoms with Gasteiger partial charge in [0.25, 0.3) is 0 Å². The lowest BCUT2D eigenvalue weighted by molar-refractivity contribution is 0.256. The molecule has 1 aromatic rings. The van der Waals surface area contributed by atoms with Gasteiger partial charge in [-0.1, -0.05) is 31.2 Å². The Morgan fingerprint density at radius 1 is 1.14 bits per heavy atom. The average Bonchev–Trinajstić information content (AvgIpc) is 2.24.